The number of nitrogens with one attached hydrogen (secondary N) is 1. The van der Waals surface area contributed by atoms with Crippen LogP contribution in [0.15, 0.2) is 18.2 Å². The van der Waals surface area contributed by atoms with Crippen LogP contribution in [0.2, 0.25) is 0 Å². The van der Waals surface area contributed by atoms with Crippen molar-refractivity contribution < 1.29 is 13.7 Å². The highest BCUT2D eigenvalue weighted by Gasteiger charge is 2.08. The molecule has 1 rings (SSSR count). The van der Waals surface area contributed by atoms with E-state index in [0.717, 1.165) is 16.8 Å². The Kier molecular flexibility index (Phi) is 6.99. The Morgan fingerprint density at radius 2 is 2.25 bits per heavy atom. The van der Waals surface area contributed by atoms with E-state index in [2.05, 4.69) is 11.2 Å². The summed E-state index contributed by atoms with van der Waals surface area (Å²) in [5.74, 6) is 2.70. The van der Waals surface area contributed by atoms with Crippen LogP contribution in [0.25, 0.3) is 0 Å². The van der Waals surface area contributed by atoms with Gasteiger partial charge in [0.1, 0.15) is 6.61 Å². The lowest BCUT2D eigenvalue weighted by molar-refractivity contribution is -0.117. The maximum Gasteiger partial charge on any atom is 0.226 e. The zero-order valence-electron chi connectivity index (χ0n) is 11.8. The maximum absolute atomic E-state index is 11.8. The number of terminal acetylenes is 1. The number of rotatable bonds is 7. The summed E-state index contributed by atoms with van der Waals surface area (Å²) < 4.78 is 16.4. The summed E-state index contributed by atoms with van der Waals surface area (Å²) in [5.41, 5.74) is 2.67. The van der Waals surface area contributed by atoms with E-state index >= 15 is 0 Å². The van der Waals surface area contributed by atoms with Crippen molar-refractivity contribution in [2.75, 3.05) is 24.8 Å². The minimum Gasteiger partial charge on any atom is -0.368 e. The Bertz CT molecular complexity index is 534. The Morgan fingerprint density at radius 3 is 2.90 bits per heavy atom. The van der Waals surface area contributed by atoms with E-state index in [1.54, 1.807) is 6.26 Å². The van der Waals surface area contributed by atoms with Gasteiger partial charge in [-0.2, -0.15) is 0 Å². The molecule has 0 heterocycles. The Labute approximate surface area is 122 Å². The second-order valence-electron chi connectivity index (χ2n) is 4.36. The molecule has 0 saturated carbocycles. The number of hydrogen-bond donors (Lipinski definition) is 1. The second-order valence-corrected chi connectivity index (χ2v) is 5.80. The summed E-state index contributed by atoms with van der Waals surface area (Å²) in [6.07, 6.45) is 6.96. The van der Waals surface area contributed by atoms with E-state index < -0.39 is 10.8 Å². The first-order valence-corrected chi connectivity index (χ1v) is 7.97. The van der Waals surface area contributed by atoms with Gasteiger partial charge in [0.25, 0.3) is 0 Å². The molecule has 0 bridgehead atoms. The summed E-state index contributed by atoms with van der Waals surface area (Å²) >= 11 is 0. The minimum atomic E-state index is -0.906. The number of ether oxygens (including phenoxy) is 1. The van der Waals surface area contributed by atoms with Gasteiger partial charge in [-0.15, -0.1) is 6.42 Å². The van der Waals surface area contributed by atoms with Crippen LogP contribution < -0.4 is 5.32 Å². The highest BCUT2D eigenvalue weighted by atomic mass is 32.2. The van der Waals surface area contributed by atoms with Crippen molar-refractivity contribution in [2.24, 2.45) is 0 Å². The van der Waals surface area contributed by atoms with Gasteiger partial charge in [-0.25, -0.2) is 0 Å². The van der Waals surface area contributed by atoms with E-state index in [1.807, 2.05) is 25.1 Å². The molecule has 1 aromatic rings. The quantitative estimate of drug-likeness (QED) is 0.616. The van der Waals surface area contributed by atoms with Gasteiger partial charge in [0, 0.05) is 28.5 Å². The highest BCUT2D eigenvalue weighted by molar-refractivity contribution is 7.83. The molecule has 1 atom stereocenters. The third-order valence-electron chi connectivity index (χ3n) is 2.74. The van der Waals surface area contributed by atoms with Gasteiger partial charge in [-0.3, -0.25) is 9.00 Å². The molecule has 1 N–H and O–H groups in total. The number of anilines is 1. The van der Waals surface area contributed by atoms with Crippen LogP contribution in [-0.4, -0.2) is 29.6 Å². The third kappa shape index (κ3) is 5.55. The predicted molar refractivity (Wildman–Crippen MR) is 81.8 cm³/mol. The maximum atomic E-state index is 11.8. The molecule has 5 heteroatoms. The molecule has 1 unspecified atom stereocenters. The fraction of sp³-hybridized carbons (Fsp3) is 0.400. The molecule has 0 spiro atoms. The SMILES string of the molecule is C#CCOCCC(=O)Nc1cccc(CS(C)=O)c1C. The van der Waals surface area contributed by atoms with E-state index in [0.29, 0.717) is 12.4 Å². The molecule has 0 aliphatic rings. The second kappa shape index (κ2) is 8.51. The molecular formula is C15H19NO3S. The van der Waals surface area contributed by atoms with Gasteiger partial charge >= 0.3 is 0 Å². The number of carbonyl (C=O) groups excluding carboxylic acids is 1. The van der Waals surface area contributed by atoms with Crippen molar-refractivity contribution in [3.8, 4) is 12.3 Å². The molecule has 0 aliphatic heterocycles. The first kappa shape index (κ1) is 16.4. The molecule has 20 heavy (non-hydrogen) atoms. The van der Waals surface area contributed by atoms with Crippen LogP contribution in [-0.2, 0) is 26.1 Å². The van der Waals surface area contributed by atoms with Crippen LogP contribution in [0.4, 0.5) is 5.69 Å². The largest absolute Gasteiger partial charge is 0.368 e. The number of amides is 1. The lowest BCUT2D eigenvalue weighted by Crippen LogP contribution is -2.15. The van der Waals surface area contributed by atoms with Crippen molar-refractivity contribution in [1.29, 1.82) is 0 Å². The summed E-state index contributed by atoms with van der Waals surface area (Å²) in [4.78, 5) is 11.8. The van der Waals surface area contributed by atoms with Crippen LogP contribution >= 0.6 is 0 Å². The Hall–Kier alpha value is -1.64. The summed E-state index contributed by atoms with van der Waals surface area (Å²) in [5, 5.41) is 2.83. The van der Waals surface area contributed by atoms with Gasteiger partial charge in [0.2, 0.25) is 5.91 Å². The van der Waals surface area contributed by atoms with Gasteiger partial charge in [-0.05, 0) is 24.1 Å². The van der Waals surface area contributed by atoms with Gasteiger partial charge in [0.05, 0.1) is 13.0 Å². The van der Waals surface area contributed by atoms with Crippen molar-refractivity contribution in [2.45, 2.75) is 19.1 Å². The van der Waals surface area contributed by atoms with E-state index in [9.17, 15) is 9.00 Å². The number of benzene rings is 1. The van der Waals surface area contributed by atoms with Crippen molar-refractivity contribution >= 4 is 22.4 Å². The number of hydrogen-bond acceptors (Lipinski definition) is 3. The molecule has 0 saturated heterocycles. The first-order chi connectivity index (χ1) is 9.54. The Morgan fingerprint density at radius 1 is 1.50 bits per heavy atom. The van der Waals surface area contributed by atoms with Gasteiger partial charge < -0.3 is 10.1 Å². The first-order valence-electron chi connectivity index (χ1n) is 6.24. The summed E-state index contributed by atoms with van der Waals surface area (Å²) in [6.45, 7) is 2.42. The average molecular weight is 293 g/mol. The molecule has 1 aromatic carbocycles. The molecule has 0 aliphatic carbocycles. The standard InChI is InChI=1S/C15H19NO3S/c1-4-9-19-10-8-15(17)16-14-7-5-6-13(12(14)2)11-20(3)18/h1,5-7H,8-11H2,2-3H3,(H,16,17). The number of carbonyl (C=O) groups is 1. The molecule has 0 fully saturated rings. The Balaban J connectivity index is 2.61. The average Bonchev–Trinajstić information content (AvgIpc) is 2.39. The van der Waals surface area contributed by atoms with Crippen molar-refractivity contribution in [3.63, 3.8) is 0 Å². The van der Waals surface area contributed by atoms with Crippen LogP contribution in [0.5, 0.6) is 0 Å². The fourth-order valence-electron chi connectivity index (χ4n) is 1.70. The van der Waals surface area contributed by atoms with Crippen LogP contribution in [0, 0.1) is 19.3 Å². The van der Waals surface area contributed by atoms with Crippen LogP contribution in [0.3, 0.4) is 0 Å². The fourth-order valence-corrected chi connectivity index (χ4v) is 2.45. The lowest BCUT2D eigenvalue weighted by atomic mass is 10.1. The van der Waals surface area contributed by atoms with E-state index in [1.165, 1.54) is 0 Å². The van der Waals surface area contributed by atoms with Crippen molar-refractivity contribution in [3.05, 3.63) is 29.3 Å². The van der Waals surface area contributed by atoms with Crippen LogP contribution in [0.1, 0.15) is 17.5 Å². The predicted octanol–water partition coefficient (Wildman–Crippen LogP) is 1.85. The molecule has 0 radical (unpaired) electrons. The van der Waals surface area contributed by atoms with E-state index in [4.69, 9.17) is 11.2 Å². The lowest BCUT2D eigenvalue weighted by Gasteiger charge is -2.12. The third-order valence-corrected chi connectivity index (χ3v) is 3.46. The molecular weight excluding hydrogens is 274 g/mol. The zero-order valence-corrected chi connectivity index (χ0v) is 12.6. The molecule has 108 valence electrons. The normalized spacial score (nSPS) is 11.7. The van der Waals surface area contributed by atoms with Gasteiger partial charge in [0.15, 0.2) is 0 Å². The van der Waals surface area contributed by atoms with Gasteiger partial charge in [-0.1, -0.05) is 18.1 Å². The minimum absolute atomic E-state index is 0.125. The van der Waals surface area contributed by atoms with E-state index in [-0.39, 0.29) is 18.9 Å². The zero-order chi connectivity index (χ0) is 15.0. The highest BCUT2D eigenvalue weighted by Crippen LogP contribution is 2.20. The monoisotopic (exact) mass is 293 g/mol. The topological polar surface area (TPSA) is 55.4 Å². The molecule has 0 aromatic heterocycles. The summed E-state index contributed by atoms with van der Waals surface area (Å²) in [6, 6.07) is 5.60. The smallest absolute Gasteiger partial charge is 0.226 e. The molecule has 4 nitrogen and oxygen atoms in total. The molecule has 1 amide bonds. The van der Waals surface area contributed by atoms with Crippen molar-refractivity contribution in [1.82, 2.24) is 0 Å². The summed E-state index contributed by atoms with van der Waals surface area (Å²) in [7, 11) is -0.906.